The second-order valence-corrected chi connectivity index (χ2v) is 5.23. The van der Waals surface area contributed by atoms with Crippen molar-refractivity contribution in [3.63, 3.8) is 0 Å². The van der Waals surface area contributed by atoms with Gasteiger partial charge in [-0.2, -0.15) is 0 Å². The van der Waals surface area contributed by atoms with Gasteiger partial charge in [-0.1, -0.05) is 31.0 Å². The minimum atomic E-state index is -0.977. The van der Waals surface area contributed by atoms with Gasteiger partial charge < -0.3 is 5.32 Å². The number of halogens is 1. The van der Waals surface area contributed by atoms with E-state index in [9.17, 15) is 0 Å². The first-order valence-corrected chi connectivity index (χ1v) is 6.87. The Kier molecular flexibility index (Phi) is 4.56. The monoisotopic (exact) mass is 278 g/mol. The van der Waals surface area contributed by atoms with Gasteiger partial charge in [0.15, 0.2) is 0 Å². The summed E-state index contributed by atoms with van der Waals surface area (Å²) in [6.07, 6.45) is 9.29. The van der Waals surface area contributed by atoms with E-state index in [0.29, 0.717) is 0 Å². The number of allylic oxidation sites excluding steroid dienone is 1. The molecule has 1 aliphatic heterocycles. The molecule has 19 heavy (non-hydrogen) atoms. The predicted octanol–water partition coefficient (Wildman–Crippen LogP) is 2.94. The normalized spacial score (nSPS) is 23.6. The van der Waals surface area contributed by atoms with Gasteiger partial charge in [0, 0.05) is 30.9 Å². The standard InChI is InChI=1S/C14H19ClN4/c1-3-5-13(12-6-4-7-16-10-12)19-14(15)17-8-11(2)9-18-14/h4,6-10,13,17,19H,3,5H2,1-2H3/t13-,14?/m0/s1. The highest BCUT2D eigenvalue weighted by Crippen LogP contribution is 2.24. The van der Waals surface area contributed by atoms with Gasteiger partial charge in [0.1, 0.15) is 0 Å². The molecular weight excluding hydrogens is 260 g/mol. The molecule has 5 heteroatoms. The van der Waals surface area contributed by atoms with E-state index >= 15 is 0 Å². The third-order valence-electron chi connectivity index (χ3n) is 2.97. The van der Waals surface area contributed by atoms with Crippen LogP contribution in [0, 0.1) is 0 Å². The third kappa shape index (κ3) is 3.78. The second-order valence-electron chi connectivity index (χ2n) is 4.68. The molecule has 0 bridgehead atoms. The van der Waals surface area contributed by atoms with E-state index in [2.05, 4.69) is 27.5 Å². The van der Waals surface area contributed by atoms with Gasteiger partial charge in [0.2, 0.25) is 0 Å². The van der Waals surface area contributed by atoms with Crippen LogP contribution in [0.2, 0.25) is 0 Å². The molecule has 0 radical (unpaired) electrons. The number of alkyl halides is 1. The van der Waals surface area contributed by atoms with Gasteiger partial charge in [-0.25, -0.2) is 4.99 Å². The van der Waals surface area contributed by atoms with E-state index in [0.717, 1.165) is 24.0 Å². The number of aromatic nitrogens is 1. The minimum absolute atomic E-state index is 0.118. The summed E-state index contributed by atoms with van der Waals surface area (Å²) in [6.45, 7) is 4.12. The van der Waals surface area contributed by atoms with Gasteiger partial charge in [-0.05, 0) is 30.5 Å². The van der Waals surface area contributed by atoms with Crippen LogP contribution in [0.1, 0.15) is 38.3 Å². The number of hydrogen-bond acceptors (Lipinski definition) is 4. The quantitative estimate of drug-likeness (QED) is 0.643. The molecule has 0 saturated heterocycles. The van der Waals surface area contributed by atoms with Crippen LogP contribution in [0.5, 0.6) is 0 Å². The van der Waals surface area contributed by atoms with E-state index in [1.165, 1.54) is 0 Å². The van der Waals surface area contributed by atoms with Crippen LogP contribution in [-0.4, -0.2) is 16.4 Å². The Morgan fingerprint density at radius 3 is 2.95 bits per heavy atom. The highest BCUT2D eigenvalue weighted by molar-refractivity contribution is 6.24. The first-order chi connectivity index (χ1) is 9.13. The Morgan fingerprint density at radius 2 is 2.37 bits per heavy atom. The first kappa shape index (κ1) is 14.0. The minimum Gasteiger partial charge on any atom is -0.342 e. The molecule has 2 heterocycles. The van der Waals surface area contributed by atoms with E-state index in [4.69, 9.17) is 11.6 Å². The molecule has 0 aromatic carbocycles. The maximum absolute atomic E-state index is 6.44. The number of rotatable bonds is 5. The number of nitrogens with zero attached hydrogens (tertiary/aromatic N) is 2. The average molecular weight is 279 g/mol. The molecule has 2 atom stereocenters. The van der Waals surface area contributed by atoms with Crippen molar-refractivity contribution in [3.8, 4) is 0 Å². The number of hydrogen-bond donors (Lipinski definition) is 2. The number of nitrogens with one attached hydrogen (secondary N) is 2. The Morgan fingerprint density at radius 1 is 1.53 bits per heavy atom. The van der Waals surface area contributed by atoms with Gasteiger partial charge in [0.25, 0.3) is 5.25 Å². The highest BCUT2D eigenvalue weighted by Gasteiger charge is 2.29. The summed E-state index contributed by atoms with van der Waals surface area (Å²) < 4.78 is 0. The zero-order valence-electron chi connectivity index (χ0n) is 11.2. The van der Waals surface area contributed by atoms with Crippen LogP contribution >= 0.6 is 11.6 Å². The molecule has 2 rings (SSSR count). The van der Waals surface area contributed by atoms with Gasteiger partial charge >= 0.3 is 0 Å². The SMILES string of the molecule is CCC[C@H](NC1(Cl)N=CC(C)=CN1)c1cccnc1. The summed E-state index contributed by atoms with van der Waals surface area (Å²) in [5, 5.41) is 5.44. The van der Waals surface area contributed by atoms with Crippen LogP contribution in [0.25, 0.3) is 0 Å². The van der Waals surface area contributed by atoms with Crippen molar-refractivity contribution in [3.05, 3.63) is 41.9 Å². The fourth-order valence-electron chi connectivity index (χ4n) is 1.98. The highest BCUT2D eigenvalue weighted by atomic mass is 35.5. The molecule has 0 saturated carbocycles. The molecule has 1 unspecified atom stereocenters. The van der Waals surface area contributed by atoms with Crippen molar-refractivity contribution in [1.82, 2.24) is 15.6 Å². The van der Waals surface area contributed by atoms with Crippen molar-refractivity contribution in [2.75, 3.05) is 0 Å². The lowest BCUT2D eigenvalue weighted by molar-refractivity contribution is 0.353. The molecule has 0 amide bonds. The molecule has 0 aliphatic carbocycles. The van der Waals surface area contributed by atoms with Gasteiger partial charge in [-0.3, -0.25) is 10.3 Å². The Labute approximate surface area is 119 Å². The van der Waals surface area contributed by atoms with Crippen molar-refractivity contribution >= 4 is 17.8 Å². The lowest BCUT2D eigenvalue weighted by Gasteiger charge is -2.31. The zero-order chi connectivity index (χ0) is 13.7. The maximum Gasteiger partial charge on any atom is 0.265 e. The third-order valence-corrected chi connectivity index (χ3v) is 3.28. The summed E-state index contributed by atoms with van der Waals surface area (Å²) in [4.78, 5) is 8.48. The van der Waals surface area contributed by atoms with E-state index in [1.54, 1.807) is 12.4 Å². The van der Waals surface area contributed by atoms with E-state index < -0.39 is 5.25 Å². The molecule has 4 nitrogen and oxygen atoms in total. The largest absolute Gasteiger partial charge is 0.342 e. The molecule has 1 aliphatic rings. The van der Waals surface area contributed by atoms with Crippen LogP contribution in [0.4, 0.5) is 0 Å². The van der Waals surface area contributed by atoms with Crippen LogP contribution < -0.4 is 10.6 Å². The Balaban J connectivity index is 2.12. The van der Waals surface area contributed by atoms with Gasteiger partial charge in [0.05, 0.1) is 0 Å². The molecule has 102 valence electrons. The fourth-order valence-corrected chi connectivity index (χ4v) is 2.21. The second kappa shape index (κ2) is 6.17. The van der Waals surface area contributed by atoms with Crippen molar-refractivity contribution in [1.29, 1.82) is 0 Å². The lowest BCUT2D eigenvalue weighted by atomic mass is 10.0. The smallest absolute Gasteiger partial charge is 0.265 e. The maximum atomic E-state index is 6.44. The summed E-state index contributed by atoms with van der Waals surface area (Å²) in [5.41, 5.74) is 2.17. The number of aliphatic imine (C=N–C) groups is 1. The molecule has 2 N–H and O–H groups in total. The summed E-state index contributed by atoms with van der Waals surface area (Å²) in [7, 11) is 0. The lowest BCUT2D eigenvalue weighted by Crippen LogP contribution is -2.51. The summed E-state index contributed by atoms with van der Waals surface area (Å²) in [6, 6.07) is 4.10. The van der Waals surface area contributed by atoms with Crippen LogP contribution in [0.15, 0.2) is 41.3 Å². The Hall–Kier alpha value is -1.39. The van der Waals surface area contributed by atoms with Crippen LogP contribution in [0.3, 0.4) is 0 Å². The van der Waals surface area contributed by atoms with Gasteiger partial charge in [-0.15, -0.1) is 0 Å². The molecule has 1 aromatic heterocycles. The zero-order valence-corrected chi connectivity index (χ0v) is 12.0. The fraction of sp³-hybridized carbons (Fsp3) is 0.429. The molecule has 1 aromatic rings. The van der Waals surface area contributed by atoms with Crippen molar-refractivity contribution in [2.24, 2.45) is 4.99 Å². The van der Waals surface area contributed by atoms with E-state index in [1.807, 2.05) is 31.5 Å². The number of pyridine rings is 1. The average Bonchev–Trinajstić information content (AvgIpc) is 2.43. The molecular formula is C14H19ClN4. The topological polar surface area (TPSA) is 49.3 Å². The Bertz CT molecular complexity index is 472. The first-order valence-electron chi connectivity index (χ1n) is 6.49. The van der Waals surface area contributed by atoms with Crippen molar-refractivity contribution in [2.45, 2.75) is 38.0 Å². The summed E-state index contributed by atoms with van der Waals surface area (Å²) in [5.74, 6) is 0. The van der Waals surface area contributed by atoms with E-state index in [-0.39, 0.29) is 6.04 Å². The van der Waals surface area contributed by atoms with Crippen LogP contribution in [-0.2, 0) is 0 Å². The summed E-state index contributed by atoms with van der Waals surface area (Å²) >= 11 is 6.44. The predicted molar refractivity (Wildman–Crippen MR) is 79.0 cm³/mol. The van der Waals surface area contributed by atoms with Crippen molar-refractivity contribution < 1.29 is 0 Å². The molecule has 0 fully saturated rings. The molecule has 0 spiro atoms.